The highest BCUT2D eigenvalue weighted by Gasteiger charge is 2.18. The second-order valence-electron chi connectivity index (χ2n) is 6.82. The third-order valence-electron chi connectivity index (χ3n) is 3.93. The van der Waals surface area contributed by atoms with Crippen molar-refractivity contribution < 1.29 is 22.8 Å². The Morgan fingerprint density at radius 1 is 0.900 bits per heavy atom. The van der Waals surface area contributed by atoms with E-state index >= 15 is 0 Å². The van der Waals surface area contributed by atoms with Gasteiger partial charge in [-0.25, -0.2) is 8.42 Å². The van der Waals surface area contributed by atoms with Crippen molar-refractivity contribution in [3.8, 4) is 0 Å². The molecule has 0 spiro atoms. The molecule has 0 aliphatic rings. The van der Waals surface area contributed by atoms with E-state index in [4.69, 9.17) is 0 Å². The lowest BCUT2D eigenvalue weighted by Gasteiger charge is -2.18. The van der Waals surface area contributed by atoms with Crippen LogP contribution in [0.4, 0.5) is 17.1 Å². The van der Waals surface area contributed by atoms with Crippen LogP contribution in [0.3, 0.4) is 0 Å². The standard InChI is InChI=1S/C20H24N4O5S/c1-12(15-6-5-7-16(10-15)22-13(2)25)21-20(27)18-11-17(23-14(3)26)8-9-19(18)24-30(4,28)29/h5-12,24H,1-4H3,(H,21,27)(H,22,25)(H,23,26). The van der Waals surface area contributed by atoms with E-state index in [0.717, 1.165) is 11.8 Å². The number of nitrogens with one attached hydrogen (secondary N) is 4. The van der Waals surface area contributed by atoms with Gasteiger partial charge in [0, 0.05) is 25.2 Å². The predicted octanol–water partition coefficient (Wildman–Crippen LogP) is 2.47. The smallest absolute Gasteiger partial charge is 0.253 e. The fourth-order valence-electron chi connectivity index (χ4n) is 2.75. The van der Waals surface area contributed by atoms with E-state index in [1.54, 1.807) is 31.2 Å². The molecule has 10 heteroatoms. The molecule has 2 aromatic rings. The molecule has 3 amide bonds. The van der Waals surface area contributed by atoms with Crippen LogP contribution < -0.4 is 20.7 Å². The molecule has 0 aliphatic heterocycles. The Morgan fingerprint density at radius 2 is 1.50 bits per heavy atom. The molecule has 1 atom stereocenters. The Morgan fingerprint density at radius 3 is 2.07 bits per heavy atom. The first kappa shape index (κ1) is 22.9. The van der Waals surface area contributed by atoms with Gasteiger partial charge in [0.2, 0.25) is 21.8 Å². The van der Waals surface area contributed by atoms with E-state index in [1.165, 1.54) is 32.0 Å². The third-order valence-corrected chi connectivity index (χ3v) is 4.53. The van der Waals surface area contributed by atoms with Gasteiger partial charge in [-0.15, -0.1) is 0 Å². The van der Waals surface area contributed by atoms with Gasteiger partial charge < -0.3 is 16.0 Å². The average molecular weight is 433 g/mol. The first-order chi connectivity index (χ1) is 13.9. The highest BCUT2D eigenvalue weighted by atomic mass is 32.2. The minimum absolute atomic E-state index is 0.0524. The van der Waals surface area contributed by atoms with Gasteiger partial charge >= 0.3 is 0 Å². The number of carbonyl (C=O) groups excluding carboxylic acids is 3. The summed E-state index contributed by atoms with van der Waals surface area (Å²) in [6.45, 7) is 4.48. The molecular formula is C20H24N4O5S. The van der Waals surface area contributed by atoms with Crippen molar-refractivity contribution in [1.29, 1.82) is 0 Å². The van der Waals surface area contributed by atoms with Crippen LogP contribution in [0.1, 0.15) is 42.7 Å². The molecule has 0 heterocycles. The Balaban J connectivity index is 2.31. The molecule has 0 radical (unpaired) electrons. The molecule has 1 unspecified atom stereocenters. The van der Waals surface area contributed by atoms with E-state index in [2.05, 4.69) is 20.7 Å². The second-order valence-corrected chi connectivity index (χ2v) is 8.57. The summed E-state index contributed by atoms with van der Waals surface area (Å²) < 4.78 is 25.6. The number of carbonyl (C=O) groups is 3. The quantitative estimate of drug-likeness (QED) is 0.533. The second kappa shape index (κ2) is 9.40. The topological polar surface area (TPSA) is 133 Å². The van der Waals surface area contributed by atoms with Crippen LogP contribution in [-0.2, 0) is 19.6 Å². The van der Waals surface area contributed by atoms with Gasteiger partial charge in [0.05, 0.1) is 23.5 Å². The first-order valence-corrected chi connectivity index (χ1v) is 10.9. The fourth-order valence-corrected chi connectivity index (χ4v) is 3.33. The molecule has 0 fully saturated rings. The van der Waals surface area contributed by atoms with Gasteiger partial charge in [0.25, 0.3) is 5.91 Å². The molecule has 4 N–H and O–H groups in total. The number of rotatable bonds is 7. The van der Waals surface area contributed by atoms with Gasteiger partial charge in [0.1, 0.15) is 0 Å². The molecule has 0 saturated carbocycles. The van der Waals surface area contributed by atoms with Crippen molar-refractivity contribution in [3.63, 3.8) is 0 Å². The molecule has 0 saturated heterocycles. The number of sulfonamides is 1. The summed E-state index contributed by atoms with van der Waals surface area (Å²) in [6.07, 6.45) is 0.979. The minimum Gasteiger partial charge on any atom is -0.345 e. The number of anilines is 3. The van der Waals surface area contributed by atoms with Gasteiger partial charge in [0.15, 0.2) is 0 Å². The monoisotopic (exact) mass is 432 g/mol. The van der Waals surface area contributed by atoms with Gasteiger partial charge in [-0.2, -0.15) is 0 Å². The summed E-state index contributed by atoms with van der Waals surface area (Å²) in [4.78, 5) is 35.5. The van der Waals surface area contributed by atoms with Crippen LogP contribution in [-0.4, -0.2) is 32.4 Å². The Kier molecular flexibility index (Phi) is 7.17. The van der Waals surface area contributed by atoms with E-state index in [9.17, 15) is 22.8 Å². The van der Waals surface area contributed by atoms with Crippen molar-refractivity contribution in [1.82, 2.24) is 5.32 Å². The van der Waals surface area contributed by atoms with Crippen LogP contribution in [0.2, 0.25) is 0 Å². The van der Waals surface area contributed by atoms with Crippen molar-refractivity contribution in [2.24, 2.45) is 0 Å². The molecule has 160 valence electrons. The zero-order valence-corrected chi connectivity index (χ0v) is 17.9. The van der Waals surface area contributed by atoms with Crippen molar-refractivity contribution in [2.75, 3.05) is 21.6 Å². The summed E-state index contributed by atoms with van der Waals surface area (Å²) in [5.41, 5.74) is 1.82. The lowest BCUT2D eigenvalue weighted by atomic mass is 10.1. The van der Waals surface area contributed by atoms with E-state index in [0.29, 0.717) is 11.4 Å². The van der Waals surface area contributed by atoms with E-state index < -0.39 is 22.0 Å². The van der Waals surface area contributed by atoms with Gasteiger partial charge in [-0.1, -0.05) is 12.1 Å². The number of hydrogen-bond donors (Lipinski definition) is 4. The summed E-state index contributed by atoms with van der Waals surface area (Å²) in [5, 5.41) is 8.04. The van der Waals surface area contributed by atoms with Gasteiger partial charge in [-0.05, 0) is 42.8 Å². The van der Waals surface area contributed by atoms with Crippen LogP contribution >= 0.6 is 0 Å². The number of amides is 3. The molecule has 0 bridgehead atoms. The average Bonchev–Trinajstić information content (AvgIpc) is 2.61. The molecule has 0 aromatic heterocycles. The summed E-state index contributed by atoms with van der Waals surface area (Å²) in [7, 11) is -3.62. The van der Waals surface area contributed by atoms with Crippen molar-refractivity contribution in [2.45, 2.75) is 26.8 Å². The zero-order chi connectivity index (χ0) is 22.5. The third kappa shape index (κ3) is 6.89. The molecule has 2 aromatic carbocycles. The lowest BCUT2D eigenvalue weighted by Crippen LogP contribution is -2.28. The van der Waals surface area contributed by atoms with E-state index in [1.807, 2.05) is 0 Å². The summed E-state index contributed by atoms with van der Waals surface area (Å²) >= 11 is 0. The summed E-state index contributed by atoms with van der Waals surface area (Å²) in [5.74, 6) is -1.07. The maximum atomic E-state index is 12.9. The molecule has 2 rings (SSSR count). The Hall–Kier alpha value is -3.40. The molecule has 0 aliphatic carbocycles. The van der Waals surface area contributed by atoms with Crippen molar-refractivity contribution >= 4 is 44.8 Å². The molecule has 9 nitrogen and oxygen atoms in total. The van der Waals surface area contributed by atoms with Crippen LogP contribution in [0, 0.1) is 0 Å². The van der Waals surface area contributed by atoms with Crippen molar-refractivity contribution in [3.05, 3.63) is 53.6 Å². The maximum Gasteiger partial charge on any atom is 0.253 e. The highest BCUT2D eigenvalue weighted by Crippen LogP contribution is 2.24. The number of hydrogen-bond acceptors (Lipinski definition) is 5. The number of benzene rings is 2. The van der Waals surface area contributed by atoms with Crippen LogP contribution in [0.25, 0.3) is 0 Å². The maximum absolute atomic E-state index is 12.9. The normalized spacial score (nSPS) is 11.9. The zero-order valence-electron chi connectivity index (χ0n) is 17.1. The SMILES string of the molecule is CC(=O)Nc1cccc(C(C)NC(=O)c2cc(NC(C)=O)ccc2NS(C)(=O)=O)c1. The van der Waals surface area contributed by atoms with Crippen LogP contribution in [0.5, 0.6) is 0 Å². The summed E-state index contributed by atoms with van der Waals surface area (Å²) in [6, 6.07) is 10.8. The molecule has 30 heavy (non-hydrogen) atoms. The molecular weight excluding hydrogens is 408 g/mol. The van der Waals surface area contributed by atoms with E-state index in [-0.39, 0.29) is 23.1 Å². The Labute approximate surface area is 175 Å². The first-order valence-electron chi connectivity index (χ1n) is 9.02. The highest BCUT2D eigenvalue weighted by molar-refractivity contribution is 7.92. The predicted molar refractivity (Wildman–Crippen MR) is 116 cm³/mol. The minimum atomic E-state index is -3.62. The fraction of sp³-hybridized carbons (Fsp3) is 0.250. The Bertz CT molecular complexity index is 1080. The van der Waals surface area contributed by atoms with Crippen LogP contribution in [0.15, 0.2) is 42.5 Å². The van der Waals surface area contributed by atoms with Gasteiger partial charge in [-0.3, -0.25) is 19.1 Å². The largest absolute Gasteiger partial charge is 0.345 e. The lowest BCUT2D eigenvalue weighted by molar-refractivity contribution is -0.115.